The van der Waals surface area contributed by atoms with Gasteiger partial charge in [-0.1, -0.05) is 36.4 Å². The summed E-state index contributed by atoms with van der Waals surface area (Å²) in [5.41, 5.74) is 0. The Labute approximate surface area is 76.2 Å². The fraction of sp³-hybridized carbons (Fsp3) is 0. The van der Waals surface area contributed by atoms with E-state index in [1.165, 1.54) is 0 Å². The van der Waals surface area contributed by atoms with Crippen molar-refractivity contribution in [3.63, 3.8) is 0 Å². The van der Waals surface area contributed by atoms with Crippen molar-refractivity contribution >= 4 is 23.1 Å². The molecule has 0 saturated carbocycles. The molecule has 8 heavy (non-hydrogen) atoms. The molecule has 1 aromatic carbocycles. The molecule has 1 rings (SSSR count). The molecule has 1 aromatic rings. The molecule has 0 spiro atoms. The van der Waals surface area contributed by atoms with Gasteiger partial charge >= 0.3 is 23.1 Å². The molecule has 0 fully saturated rings. The molecule has 0 aromatic heterocycles. The first-order valence-electron chi connectivity index (χ1n) is 2.00. The van der Waals surface area contributed by atoms with E-state index in [1.807, 2.05) is 36.4 Å². The normalized spacial score (nSPS) is 6.00. The summed E-state index contributed by atoms with van der Waals surface area (Å²) >= 11 is 0. The van der Waals surface area contributed by atoms with Crippen molar-refractivity contribution in [3.8, 4) is 0 Å². The molecule has 38 valence electrons. The summed E-state index contributed by atoms with van der Waals surface area (Å²) in [6.45, 7) is 0. The van der Waals surface area contributed by atoms with Crippen LogP contribution in [0.5, 0.6) is 0 Å². The van der Waals surface area contributed by atoms with Gasteiger partial charge in [-0.25, -0.2) is 0 Å². The van der Waals surface area contributed by atoms with Gasteiger partial charge in [0.2, 0.25) is 0 Å². The van der Waals surface area contributed by atoms with Crippen LogP contribution in [-0.4, -0.2) is 23.1 Å². The van der Waals surface area contributed by atoms with Crippen molar-refractivity contribution in [3.05, 3.63) is 36.4 Å². The summed E-state index contributed by atoms with van der Waals surface area (Å²) in [7, 11) is 0. The predicted molar refractivity (Wildman–Crippen MR) is 32.2 cm³/mol. The zero-order valence-corrected chi connectivity index (χ0v) is 7.55. The van der Waals surface area contributed by atoms with Gasteiger partial charge in [0.25, 0.3) is 0 Å². The largest absolute Gasteiger partial charge is 2.00 e. The van der Waals surface area contributed by atoms with E-state index in [2.05, 4.69) is 0 Å². The van der Waals surface area contributed by atoms with Crippen LogP contribution < -0.4 is 17.0 Å². The summed E-state index contributed by atoms with van der Waals surface area (Å²) < 4.78 is 0. The molecule has 0 saturated heterocycles. The van der Waals surface area contributed by atoms with Gasteiger partial charge < -0.3 is 17.0 Å². The Bertz CT molecular complexity index is 80.5. The second-order valence-electron chi connectivity index (χ2n) is 1.15. The molecule has 0 atom stereocenters. The third-order valence-corrected chi connectivity index (χ3v) is 0.667. The van der Waals surface area contributed by atoms with Gasteiger partial charge in [0, 0.05) is 0 Å². The van der Waals surface area contributed by atoms with Crippen LogP contribution in [0.3, 0.4) is 0 Å². The van der Waals surface area contributed by atoms with E-state index in [1.54, 1.807) is 0 Å². The number of hydrogen-bond acceptors (Lipinski definition) is 0. The van der Waals surface area contributed by atoms with Gasteiger partial charge in [-0.15, -0.1) is 0 Å². The molecule has 0 aliphatic rings. The van der Waals surface area contributed by atoms with Gasteiger partial charge in [0.05, 0.1) is 0 Å². The Hall–Kier alpha value is 0.466. The minimum Gasteiger partial charge on any atom is -1.00 e. The maximum atomic E-state index is 2.00. The first-order valence-corrected chi connectivity index (χ1v) is 2.00. The van der Waals surface area contributed by atoms with E-state index in [0.29, 0.717) is 0 Å². The van der Waals surface area contributed by atoms with E-state index in [-0.39, 0.29) is 40.0 Å². The number of halogens is 1. The van der Waals surface area contributed by atoms with Crippen LogP contribution in [0.1, 0.15) is 0 Å². The second-order valence-corrected chi connectivity index (χ2v) is 1.15. The topological polar surface area (TPSA) is 0 Å². The molecular weight excluding hydrogens is 176 g/mol. The molecule has 0 amide bonds. The van der Waals surface area contributed by atoms with Crippen molar-refractivity contribution < 1.29 is 17.0 Å². The van der Waals surface area contributed by atoms with E-state index < -0.39 is 0 Å². The smallest absolute Gasteiger partial charge is 1.00 e. The van der Waals surface area contributed by atoms with Crippen LogP contribution in [0.2, 0.25) is 0 Å². The van der Waals surface area contributed by atoms with Crippen molar-refractivity contribution in [1.82, 2.24) is 0 Å². The van der Waals surface area contributed by atoms with Crippen LogP contribution in [0.15, 0.2) is 36.4 Å². The first kappa shape index (κ1) is 11.3. The summed E-state index contributed by atoms with van der Waals surface area (Å²) in [6, 6.07) is 12.0. The van der Waals surface area contributed by atoms with Crippen LogP contribution in [-0.2, 0) is 0 Å². The monoisotopic (exact) mass is 181 g/mol. The van der Waals surface area contributed by atoms with Crippen LogP contribution in [0.25, 0.3) is 0 Å². The number of benzene rings is 1. The van der Waals surface area contributed by atoms with Crippen LogP contribution >= 0.6 is 0 Å². The summed E-state index contributed by atoms with van der Waals surface area (Å²) in [5.74, 6) is 0. The Balaban J connectivity index is 0. The zero-order chi connectivity index (χ0) is 4.24. The summed E-state index contributed by atoms with van der Waals surface area (Å²) in [6.07, 6.45) is 0. The second kappa shape index (κ2) is 7.47. The Kier molecular flexibility index (Phi) is 10.5. The third kappa shape index (κ3) is 4.62. The van der Waals surface area contributed by atoms with Crippen molar-refractivity contribution in [1.29, 1.82) is 0 Å². The molecule has 0 aliphatic heterocycles. The Morgan fingerprint density at radius 3 is 0.750 bits per heavy atom. The average molecular weight is 182 g/mol. The Morgan fingerprint density at radius 2 is 0.625 bits per heavy atom. The van der Waals surface area contributed by atoms with Crippen LogP contribution in [0.4, 0.5) is 0 Å². The molecule has 0 radical (unpaired) electrons. The molecule has 0 aliphatic carbocycles. The molecule has 0 heterocycles. The maximum Gasteiger partial charge on any atom is 2.00 e. The van der Waals surface area contributed by atoms with Gasteiger partial charge in [-0.05, 0) is 0 Å². The molecular formula is C6H6BrMg+. The van der Waals surface area contributed by atoms with Crippen molar-refractivity contribution in [2.45, 2.75) is 0 Å². The minimum atomic E-state index is 0. The van der Waals surface area contributed by atoms with Crippen molar-refractivity contribution in [2.24, 2.45) is 0 Å². The van der Waals surface area contributed by atoms with E-state index in [0.717, 1.165) is 0 Å². The standard InChI is InChI=1S/C6H6.BrH.Mg/c1-2-4-6-5-3-1;;/h1-6H;1H;/q;;+2/p-1. The van der Waals surface area contributed by atoms with E-state index >= 15 is 0 Å². The quantitative estimate of drug-likeness (QED) is 0.420. The number of hydrogen-bond donors (Lipinski definition) is 0. The SMILES string of the molecule is [Br-].[Mg+2].c1ccccc1. The average Bonchev–Trinajstić information content (AvgIpc) is 1.72. The van der Waals surface area contributed by atoms with Crippen LogP contribution in [0, 0.1) is 0 Å². The minimum absolute atomic E-state index is 0. The first-order chi connectivity index (χ1) is 3.00. The fourth-order valence-corrected chi connectivity index (χ4v) is 0.385. The number of rotatable bonds is 0. The maximum absolute atomic E-state index is 2.00. The molecule has 2 heteroatoms. The van der Waals surface area contributed by atoms with Gasteiger partial charge in [-0.3, -0.25) is 0 Å². The molecule has 0 N–H and O–H groups in total. The van der Waals surface area contributed by atoms with Crippen molar-refractivity contribution in [2.75, 3.05) is 0 Å². The summed E-state index contributed by atoms with van der Waals surface area (Å²) in [5, 5.41) is 0. The molecule has 0 unspecified atom stereocenters. The van der Waals surface area contributed by atoms with E-state index in [4.69, 9.17) is 0 Å². The molecule has 0 nitrogen and oxygen atoms in total. The Morgan fingerprint density at radius 1 is 0.500 bits per heavy atom. The molecule has 0 bridgehead atoms. The zero-order valence-electron chi connectivity index (χ0n) is 4.55. The van der Waals surface area contributed by atoms with Gasteiger partial charge in [0.1, 0.15) is 0 Å². The predicted octanol–water partition coefficient (Wildman–Crippen LogP) is -1.69. The fourth-order valence-electron chi connectivity index (χ4n) is 0.385. The van der Waals surface area contributed by atoms with E-state index in [9.17, 15) is 0 Å². The third-order valence-electron chi connectivity index (χ3n) is 0.667. The van der Waals surface area contributed by atoms with Gasteiger partial charge in [0.15, 0.2) is 0 Å². The summed E-state index contributed by atoms with van der Waals surface area (Å²) in [4.78, 5) is 0. The van der Waals surface area contributed by atoms with Gasteiger partial charge in [-0.2, -0.15) is 0 Å².